The molecule has 1 heteroatoms. The maximum atomic E-state index is 4.59. The van der Waals surface area contributed by atoms with Gasteiger partial charge in [0, 0.05) is 5.41 Å². The van der Waals surface area contributed by atoms with Crippen LogP contribution in [0.3, 0.4) is 0 Å². The molecule has 0 heterocycles. The highest BCUT2D eigenvalue weighted by atomic mass is 32.1. The Morgan fingerprint density at radius 1 is 0.759 bits per heavy atom. The number of aryl methyl sites for hydroxylation is 2. The fourth-order valence-electron chi connectivity index (χ4n) is 4.79. The lowest BCUT2D eigenvalue weighted by Gasteiger charge is -2.35. The van der Waals surface area contributed by atoms with Gasteiger partial charge in [-0.05, 0) is 69.4 Å². The topological polar surface area (TPSA) is 0 Å². The maximum absolute atomic E-state index is 4.59. The van der Waals surface area contributed by atoms with E-state index < -0.39 is 0 Å². The van der Waals surface area contributed by atoms with Gasteiger partial charge in [0.2, 0.25) is 0 Å². The predicted molar refractivity (Wildman–Crippen MR) is 131 cm³/mol. The summed E-state index contributed by atoms with van der Waals surface area (Å²) in [6.07, 6.45) is 7.70. The van der Waals surface area contributed by atoms with Gasteiger partial charge in [-0.25, -0.2) is 0 Å². The maximum Gasteiger partial charge on any atom is 0.0420 e. The Bertz CT molecular complexity index is 911. The number of rotatable bonds is 2. The van der Waals surface area contributed by atoms with Crippen molar-refractivity contribution in [2.45, 2.75) is 78.1 Å². The standard InChI is InChI=1S/C28H36S/c1-19-17-21(9-11-24(19)26(3,4)5)28(15-13-23(29)14-16-28)22-10-12-25(20(2)18-22)27(6,7)8/h9-15,17-18,29H,16H2,1-8H3. The van der Waals surface area contributed by atoms with Crippen LogP contribution < -0.4 is 0 Å². The van der Waals surface area contributed by atoms with Crippen molar-refractivity contribution >= 4 is 12.6 Å². The zero-order valence-electron chi connectivity index (χ0n) is 19.4. The van der Waals surface area contributed by atoms with E-state index in [9.17, 15) is 0 Å². The van der Waals surface area contributed by atoms with Crippen molar-refractivity contribution in [2.24, 2.45) is 0 Å². The Labute approximate surface area is 183 Å². The van der Waals surface area contributed by atoms with Crippen LogP contribution in [-0.2, 0) is 16.2 Å². The second kappa shape index (κ2) is 7.51. The SMILES string of the molecule is Cc1cc(C2(c3ccc(C(C)(C)C)c(C)c3)C=CC(S)=CC2)ccc1C(C)(C)C. The lowest BCUT2D eigenvalue weighted by atomic mass is 9.68. The molecule has 2 aromatic rings. The van der Waals surface area contributed by atoms with Crippen molar-refractivity contribution in [1.82, 2.24) is 0 Å². The Balaban J connectivity index is 2.18. The quantitative estimate of drug-likeness (QED) is 0.482. The second-order valence-electron chi connectivity index (χ2n) is 10.7. The molecule has 29 heavy (non-hydrogen) atoms. The molecular formula is C28H36S. The molecule has 0 radical (unpaired) electrons. The number of thiol groups is 1. The minimum Gasteiger partial charge on any atom is -0.144 e. The first-order valence-electron chi connectivity index (χ1n) is 10.7. The smallest absolute Gasteiger partial charge is 0.0420 e. The summed E-state index contributed by atoms with van der Waals surface area (Å²) in [6, 6.07) is 14.1. The van der Waals surface area contributed by atoms with Crippen LogP contribution in [0.15, 0.2) is 59.5 Å². The van der Waals surface area contributed by atoms with Gasteiger partial charge in [-0.3, -0.25) is 0 Å². The summed E-state index contributed by atoms with van der Waals surface area (Å²) in [4.78, 5) is 1.05. The molecule has 0 bridgehead atoms. The van der Waals surface area contributed by atoms with Crippen molar-refractivity contribution < 1.29 is 0 Å². The zero-order valence-corrected chi connectivity index (χ0v) is 20.2. The van der Waals surface area contributed by atoms with Gasteiger partial charge >= 0.3 is 0 Å². The normalized spacial score (nSPS) is 16.7. The molecule has 0 fully saturated rings. The molecule has 0 N–H and O–H groups in total. The van der Waals surface area contributed by atoms with E-state index in [4.69, 9.17) is 0 Å². The van der Waals surface area contributed by atoms with Crippen LogP contribution in [0, 0.1) is 13.8 Å². The Hall–Kier alpha value is -1.73. The molecule has 0 nitrogen and oxygen atoms in total. The molecule has 154 valence electrons. The second-order valence-corrected chi connectivity index (χ2v) is 11.2. The number of allylic oxidation sites excluding steroid dienone is 3. The highest BCUT2D eigenvalue weighted by Gasteiger charge is 2.34. The van der Waals surface area contributed by atoms with Crippen LogP contribution in [-0.4, -0.2) is 0 Å². The van der Waals surface area contributed by atoms with E-state index in [1.54, 1.807) is 0 Å². The first-order chi connectivity index (χ1) is 13.3. The van der Waals surface area contributed by atoms with Gasteiger partial charge in [-0.1, -0.05) is 96.2 Å². The van der Waals surface area contributed by atoms with Crippen molar-refractivity contribution in [3.05, 3.63) is 92.9 Å². The number of hydrogen-bond donors (Lipinski definition) is 1. The average molecular weight is 405 g/mol. The molecular weight excluding hydrogens is 368 g/mol. The van der Waals surface area contributed by atoms with Crippen LogP contribution in [0.1, 0.15) is 81.3 Å². The van der Waals surface area contributed by atoms with Crippen LogP contribution in [0.2, 0.25) is 0 Å². The van der Waals surface area contributed by atoms with E-state index in [1.165, 1.54) is 33.4 Å². The van der Waals surface area contributed by atoms with Crippen LogP contribution in [0.25, 0.3) is 0 Å². The van der Waals surface area contributed by atoms with Gasteiger partial charge in [0.25, 0.3) is 0 Å². The van der Waals surface area contributed by atoms with Gasteiger partial charge in [0.15, 0.2) is 0 Å². The van der Waals surface area contributed by atoms with Gasteiger partial charge in [0.05, 0.1) is 0 Å². The van der Waals surface area contributed by atoms with Crippen LogP contribution in [0.5, 0.6) is 0 Å². The first-order valence-corrected chi connectivity index (χ1v) is 11.1. The van der Waals surface area contributed by atoms with Crippen molar-refractivity contribution in [1.29, 1.82) is 0 Å². The number of hydrogen-bond acceptors (Lipinski definition) is 1. The molecule has 0 saturated heterocycles. The summed E-state index contributed by atoms with van der Waals surface area (Å²) in [6.45, 7) is 18.2. The van der Waals surface area contributed by atoms with E-state index in [1.807, 2.05) is 0 Å². The summed E-state index contributed by atoms with van der Waals surface area (Å²) < 4.78 is 0. The molecule has 1 aliphatic rings. The Morgan fingerprint density at radius 3 is 1.52 bits per heavy atom. The van der Waals surface area contributed by atoms with Crippen molar-refractivity contribution in [2.75, 3.05) is 0 Å². The minimum atomic E-state index is -0.144. The van der Waals surface area contributed by atoms with E-state index in [-0.39, 0.29) is 16.2 Å². The highest BCUT2D eigenvalue weighted by molar-refractivity contribution is 7.84. The molecule has 0 spiro atoms. The molecule has 0 saturated carbocycles. The van der Waals surface area contributed by atoms with Crippen LogP contribution in [0.4, 0.5) is 0 Å². The highest BCUT2D eigenvalue weighted by Crippen LogP contribution is 2.43. The third-order valence-corrected chi connectivity index (χ3v) is 6.60. The Morgan fingerprint density at radius 2 is 1.21 bits per heavy atom. The lowest BCUT2D eigenvalue weighted by molar-refractivity contribution is 0.580. The van der Waals surface area contributed by atoms with E-state index in [0.29, 0.717) is 0 Å². The van der Waals surface area contributed by atoms with Crippen LogP contribution >= 0.6 is 12.6 Å². The molecule has 0 aliphatic heterocycles. The predicted octanol–water partition coefficient (Wildman–Crippen LogP) is 7.96. The third kappa shape index (κ3) is 4.26. The van der Waals surface area contributed by atoms with E-state index in [0.717, 1.165) is 11.3 Å². The number of benzene rings is 2. The fraction of sp³-hybridized carbons (Fsp3) is 0.429. The summed E-state index contributed by atoms with van der Waals surface area (Å²) >= 11 is 4.59. The lowest BCUT2D eigenvalue weighted by Crippen LogP contribution is -2.27. The fourth-order valence-corrected chi connectivity index (χ4v) is 4.96. The monoisotopic (exact) mass is 404 g/mol. The summed E-state index contributed by atoms with van der Waals surface area (Å²) in [7, 11) is 0. The zero-order chi connectivity index (χ0) is 21.6. The summed E-state index contributed by atoms with van der Waals surface area (Å²) in [5.74, 6) is 0. The molecule has 0 unspecified atom stereocenters. The molecule has 3 rings (SSSR count). The molecule has 1 aliphatic carbocycles. The van der Waals surface area contributed by atoms with Crippen molar-refractivity contribution in [3.63, 3.8) is 0 Å². The average Bonchev–Trinajstić information content (AvgIpc) is 2.60. The molecule has 2 aromatic carbocycles. The van der Waals surface area contributed by atoms with Crippen molar-refractivity contribution in [3.8, 4) is 0 Å². The van der Waals surface area contributed by atoms with E-state index in [2.05, 4.69) is 123 Å². The largest absolute Gasteiger partial charge is 0.144 e. The van der Waals surface area contributed by atoms with Gasteiger partial charge in [0.1, 0.15) is 0 Å². The minimum absolute atomic E-state index is 0.144. The van der Waals surface area contributed by atoms with Gasteiger partial charge < -0.3 is 0 Å². The van der Waals surface area contributed by atoms with Gasteiger partial charge in [-0.2, -0.15) is 0 Å². The van der Waals surface area contributed by atoms with E-state index >= 15 is 0 Å². The third-order valence-electron chi connectivity index (χ3n) is 6.27. The Kier molecular flexibility index (Phi) is 5.69. The molecule has 0 atom stereocenters. The summed E-state index contributed by atoms with van der Waals surface area (Å²) in [5, 5.41) is 0. The molecule has 0 aromatic heterocycles. The first kappa shape index (κ1) is 22.0. The van der Waals surface area contributed by atoms with Gasteiger partial charge in [-0.15, -0.1) is 12.6 Å². The molecule has 0 amide bonds. The summed E-state index contributed by atoms with van der Waals surface area (Å²) in [5.41, 5.74) is 8.45.